The quantitative estimate of drug-likeness (QED) is 0.591. The summed E-state index contributed by atoms with van der Waals surface area (Å²) < 4.78 is 5.23. The molecule has 0 aliphatic carbocycles. The van der Waals surface area contributed by atoms with E-state index in [2.05, 4.69) is 10.6 Å². The highest BCUT2D eigenvalue weighted by Gasteiger charge is 2.15. The summed E-state index contributed by atoms with van der Waals surface area (Å²) in [6, 6.07) is 0.536. The van der Waals surface area contributed by atoms with Crippen LogP contribution in [0.2, 0.25) is 0 Å². The van der Waals surface area contributed by atoms with E-state index in [4.69, 9.17) is 9.84 Å². The topological polar surface area (TPSA) is 70.6 Å². The van der Waals surface area contributed by atoms with Gasteiger partial charge in [0, 0.05) is 31.9 Å². The van der Waals surface area contributed by atoms with E-state index in [0.29, 0.717) is 6.54 Å². The molecule has 0 bridgehead atoms. The van der Waals surface area contributed by atoms with Gasteiger partial charge in [-0.25, -0.2) is 0 Å². The number of ether oxygens (including phenoxy) is 1. The molecule has 0 radical (unpaired) electrons. The van der Waals surface area contributed by atoms with Crippen molar-refractivity contribution in [2.24, 2.45) is 0 Å². The Bertz CT molecular complexity index is 218. The van der Waals surface area contributed by atoms with Crippen molar-refractivity contribution in [2.75, 3.05) is 26.4 Å². The second-order valence-electron chi connectivity index (χ2n) is 4.60. The SMILES string of the molecule is CC(CCCO)NCC(=O)NC1CCOCC1. The molecule has 0 aromatic rings. The van der Waals surface area contributed by atoms with Crippen molar-refractivity contribution in [1.29, 1.82) is 0 Å². The number of hydrogen-bond acceptors (Lipinski definition) is 4. The van der Waals surface area contributed by atoms with Gasteiger partial charge in [-0.1, -0.05) is 0 Å². The Morgan fingerprint density at radius 2 is 2.18 bits per heavy atom. The molecule has 1 rings (SSSR count). The molecule has 5 nitrogen and oxygen atoms in total. The van der Waals surface area contributed by atoms with E-state index in [1.807, 2.05) is 6.92 Å². The lowest BCUT2D eigenvalue weighted by atomic mass is 10.1. The monoisotopic (exact) mass is 244 g/mol. The van der Waals surface area contributed by atoms with Crippen LogP contribution in [0.25, 0.3) is 0 Å². The van der Waals surface area contributed by atoms with Crippen LogP contribution in [0.5, 0.6) is 0 Å². The Morgan fingerprint density at radius 1 is 1.47 bits per heavy atom. The first kappa shape index (κ1) is 14.4. The largest absolute Gasteiger partial charge is 0.396 e. The minimum absolute atomic E-state index is 0.0488. The summed E-state index contributed by atoms with van der Waals surface area (Å²) in [6.07, 6.45) is 3.48. The van der Waals surface area contributed by atoms with Crippen LogP contribution < -0.4 is 10.6 Å². The fourth-order valence-corrected chi connectivity index (χ4v) is 1.89. The Balaban J connectivity index is 2.07. The van der Waals surface area contributed by atoms with Crippen LogP contribution in [0, 0.1) is 0 Å². The van der Waals surface area contributed by atoms with Crippen molar-refractivity contribution < 1.29 is 14.6 Å². The molecule has 1 fully saturated rings. The van der Waals surface area contributed by atoms with E-state index in [-0.39, 0.29) is 24.6 Å². The Hall–Kier alpha value is -0.650. The van der Waals surface area contributed by atoms with Crippen molar-refractivity contribution >= 4 is 5.91 Å². The number of amides is 1. The van der Waals surface area contributed by atoms with Crippen molar-refractivity contribution in [3.05, 3.63) is 0 Å². The first-order chi connectivity index (χ1) is 8.22. The lowest BCUT2D eigenvalue weighted by Crippen LogP contribution is -2.44. The predicted octanol–water partition coefficient (Wildman–Crippen LogP) is 0.0322. The number of aliphatic hydroxyl groups is 1. The van der Waals surface area contributed by atoms with Gasteiger partial charge in [-0.3, -0.25) is 4.79 Å². The number of nitrogens with one attached hydrogen (secondary N) is 2. The molecule has 0 saturated carbocycles. The van der Waals surface area contributed by atoms with Crippen molar-refractivity contribution in [1.82, 2.24) is 10.6 Å². The second-order valence-corrected chi connectivity index (χ2v) is 4.60. The summed E-state index contributed by atoms with van der Waals surface area (Å²) in [5.41, 5.74) is 0. The molecule has 1 amide bonds. The molecule has 3 N–H and O–H groups in total. The third-order valence-corrected chi connectivity index (χ3v) is 2.99. The number of carbonyl (C=O) groups excluding carboxylic acids is 1. The number of aliphatic hydroxyl groups excluding tert-OH is 1. The van der Waals surface area contributed by atoms with Crippen LogP contribution in [0.15, 0.2) is 0 Å². The molecule has 17 heavy (non-hydrogen) atoms. The molecule has 0 aromatic heterocycles. The summed E-state index contributed by atoms with van der Waals surface area (Å²) in [4.78, 5) is 11.6. The van der Waals surface area contributed by atoms with Gasteiger partial charge >= 0.3 is 0 Å². The highest BCUT2D eigenvalue weighted by atomic mass is 16.5. The molecular formula is C12H24N2O3. The maximum atomic E-state index is 11.6. The van der Waals surface area contributed by atoms with Crippen LogP contribution in [0.1, 0.15) is 32.6 Å². The summed E-state index contributed by atoms with van der Waals surface area (Å²) >= 11 is 0. The van der Waals surface area contributed by atoms with Gasteiger partial charge in [0.2, 0.25) is 5.91 Å². The van der Waals surface area contributed by atoms with Gasteiger partial charge in [0.1, 0.15) is 0 Å². The smallest absolute Gasteiger partial charge is 0.234 e. The van der Waals surface area contributed by atoms with E-state index in [0.717, 1.165) is 38.9 Å². The minimum Gasteiger partial charge on any atom is -0.396 e. The van der Waals surface area contributed by atoms with Crippen LogP contribution in [0.3, 0.4) is 0 Å². The molecule has 1 heterocycles. The third-order valence-electron chi connectivity index (χ3n) is 2.99. The van der Waals surface area contributed by atoms with Gasteiger partial charge in [0.25, 0.3) is 0 Å². The first-order valence-electron chi connectivity index (χ1n) is 6.43. The van der Waals surface area contributed by atoms with Gasteiger partial charge in [-0.2, -0.15) is 0 Å². The molecule has 1 atom stereocenters. The highest BCUT2D eigenvalue weighted by molar-refractivity contribution is 5.78. The number of carbonyl (C=O) groups is 1. The fraction of sp³-hybridized carbons (Fsp3) is 0.917. The van der Waals surface area contributed by atoms with Crippen molar-refractivity contribution in [3.8, 4) is 0 Å². The van der Waals surface area contributed by atoms with Gasteiger partial charge in [-0.05, 0) is 32.6 Å². The maximum absolute atomic E-state index is 11.6. The Labute approximate surface area is 103 Å². The van der Waals surface area contributed by atoms with Crippen molar-refractivity contribution in [2.45, 2.75) is 44.7 Å². The summed E-state index contributed by atoms with van der Waals surface area (Å²) in [6.45, 7) is 4.07. The fourth-order valence-electron chi connectivity index (χ4n) is 1.89. The zero-order valence-corrected chi connectivity index (χ0v) is 10.6. The molecule has 1 aliphatic rings. The van der Waals surface area contributed by atoms with E-state index in [1.54, 1.807) is 0 Å². The second kappa shape index (κ2) is 8.44. The zero-order valence-electron chi connectivity index (χ0n) is 10.6. The molecule has 1 aliphatic heterocycles. The lowest BCUT2D eigenvalue weighted by Gasteiger charge is -2.23. The summed E-state index contributed by atoms with van der Waals surface area (Å²) in [7, 11) is 0. The lowest BCUT2D eigenvalue weighted by molar-refractivity contribution is -0.121. The average molecular weight is 244 g/mol. The highest BCUT2D eigenvalue weighted by Crippen LogP contribution is 2.05. The van der Waals surface area contributed by atoms with E-state index in [9.17, 15) is 4.79 Å². The molecular weight excluding hydrogens is 220 g/mol. The van der Waals surface area contributed by atoms with Crippen LogP contribution >= 0.6 is 0 Å². The van der Waals surface area contributed by atoms with Crippen LogP contribution in [-0.4, -0.2) is 49.5 Å². The standard InChI is InChI=1S/C12H24N2O3/c1-10(3-2-6-15)13-9-12(16)14-11-4-7-17-8-5-11/h10-11,13,15H,2-9H2,1H3,(H,14,16). The van der Waals surface area contributed by atoms with E-state index < -0.39 is 0 Å². The van der Waals surface area contributed by atoms with Gasteiger partial charge < -0.3 is 20.5 Å². The molecule has 0 aromatic carbocycles. The maximum Gasteiger partial charge on any atom is 0.234 e. The van der Waals surface area contributed by atoms with E-state index in [1.165, 1.54) is 0 Å². The van der Waals surface area contributed by atoms with Gasteiger partial charge in [0.15, 0.2) is 0 Å². The van der Waals surface area contributed by atoms with Crippen molar-refractivity contribution in [3.63, 3.8) is 0 Å². The zero-order chi connectivity index (χ0) is 12.5. The average Bonchev–Trinajstić information content (AvgIpc) is 2.35. The van der Waals surface area contributed by atoms with Gasteiger partial charge in [0.05, 0.1) is 6.54 Å². The van der Waals surface area contributed by atoms with Crippen LogP contribution in [-0.2, 0) is 9.53 Å². The molecule has 1 saturated heterocycles. The van der Waals surface area contributed by atoms with Gasteiger partial charge in [-0.15, -0.1) is 0 Å². The molecule has 100 valence electrons. The molecule has 0 spiro atoms. The predicted molar refractivity (Wildman–Crippen MR) is 65.8 cm³/mol. The normalized spacial score (nSPS) is 18.9. The number of rotatable bonds is 7. The third kappa shape index (κ3) is 6.61. The van der Waals surface area contributed by atoms with E-state index >= 15 is 0 Å². The number of hydrogen-bond donors (Lipinski definition) is 3. The molecule has 5 heteroatoms. The first-order valence-corrected chi connectivity index (χ1v) is 6.43. The Morgan fingerprint density at radius 3 is 2.82 bits per heavy atom. The Kier molecular flexibility index (Phi) is 7.16. The minimum atomic E-state index is 0.0488. The molecule has 1 unspecified atom stereocenters. The summed E-state index contributed by atoms with van der Waals surface area (Å²) in [5, 5.41) is 14.8. The van der Waals surface area contributed by atoms with Crippen LogP contribution in [0.4, 0.5) is 0 Å². The summed E-state index contributed by atoms with van der Waals surface area (Å²) in [5.74, 6) is 0.0488.